The molecule has 0 saturated carbocycles. The Kier molecular flexibility index (Phi) is 4.51. The molecule has 0 radical (unpaired) electrons. The summed E-state index contributed by atoms with van der Waals surface area (Å²) in [5.74, 6) is 0.495. The summed E-state index contributed by atoms with van der Waals surface area (Å²) in [7, 11) is -3.32. The number of H-pyrrole nitrogens is 1. The molecule has 2 heterocycles. The maximum atomic E-state index is 12.4. The highest BCUT2D eigenvalue weighted by molar-refractivity contribution is 7.88. The number of fused-ring (bicyclic) bond motifs is 1. The van der Waals surface area contributed by atoms with Gasteiger partial charge < -0.3 is 10.3 Å². The molecule has 25 heavy (non-hydrogen) atoms. The van der Waals surface area contributed by atoms with Crippen LogP contribution < -0.4 is 10.0 Å². The summed E-state index contributed by atoms with van der Waals surface area (Å²) in [4.78, 5) is 23.9. The Labute approximate surface area is 144 Å². The fraction of sp³-hybridized carbons (Fsp3) is 0.188. The number of carbonyl (C=O) groups excluding carboxylic acids is 1. The van der Waals surface area contributed by atoms with E-state index in [9.17, 15) is 13.2 Å². The highest BCUT2D eigenvalue weighted by Crippen LogP contribution is 2.18. The van der Waals surface area contributed by atoms with Crippen LogP contribution in [0.2, 0.25) is 0 Å². The second kappa shape index (κ2) is 6.61. The van der Waals surface area contributed by atoms with Crippen molar-refractivity contribution in [1.82, 2.24) is 19.7 Å². The number of nitrogens with one attached hydrogen (secondary N) is 3. The summed E-state index contributed by atoms with van der Waals surface area (Å²) < 4.78 is 24.6. The summed E-state index contributed by atoms with van der Waals surface area (Å²) in [6.45, 7) is 1.89. The van der Waals surface area contributed by atoms with Gasteiger partial charge in [-0.1, -0.05) is 0 Å². The van der Waals surface area contributed by atoms with E-state index in [0.29, 0.717) is 16.9 Å². The normalized spacial score (nSPS) is 11.6. The average molecular weight is 359 g/mol. The summed E-state index contributed by atoms with van der Waals surface area (Å²) >= 11 is 0. The highest BCUT2D eigenvalue weighted by Gasteiger charge is 2.10. The quantitative estimate of drug-likeness (QED) is 0.639. The van der Waals surface area contributed by atoms with Gasteiger partial charge >= 0.3 is 0 Å². The van der Waals surface area contributed by atoms with E-state index in [1.165, 1.54) is 6.20 Å². The number of benzene rings is 1. The maximum Gasteiger partial charge on any atom is 0.255 e. The molecular formula is C16H17N5O3S. The predicted octanol–water partition coefficient (Wildman–Crippen LogP) is 1.57. The van der Waals surface area contributed by atoms with E-state index >= 15 is 0 Å². The van der Waals surface area contributed by atoms with Crippen LogP contribution in [0, 0.1) is 6.92 Å². The number of hydrogen-bond acceptors (Lipinski definition) is 5. The van der Waals surface area contributed by atoms with Crippen LogP contribution in [0.4, 0.5) is 5.69 Å². The maximum absolute atomic E-state index is 12.4. The lowest BCUT2D eigenvalue weighted by atomic mass is 10.2. The molecule has 0 unspecified atom stereocenters. The topological polar surface area (TPSA) is 117 Å². The van der Waals surface area contributed by atoms with Crippen molar-refractivity contribution in [1.29, 1.82) is 0 Å². The lowest BCUT2D eigenvalue weighted by Gasteiger charge is -2.07. The van der Waals surface area contributed by atoms with Crippen molar-refractivity contribution >= 4 is 32.7 Å². The van der Waals surface area contributed by atoms with Crippen LogP contribution in [-0.2, 0) is 16.6 Å². The number of imidazole rings is 1. The number of pyridine rings is 1. The van der Waals surface area contributed by atoms with Crippen molar-refractivity contribution in [3.05, 3.63) is 53.6 Å². The third-order valence-corrected chi connectivity index (χ3v) is 4.12. The van der Waals surface area contributed by atoms with Gasteiger partial charge in [0, 0.05) is 17.4 Å². The van der Waals surface area contributed by atoms with Gasteiger partial charge in [0.05, 0.1) is 29.5 Å². The van der Waals surface area contributed by atoms with E-state index in [2.05, 4.69) is 25.0 Å². The highest BCUT2D eigenvalue weighted by atomic mass is 32.2. The standard InChI is InChI=1S/C16H17N5O3S/c1-10-19-14-4-3-12(8-15(14)20-10)21-16(22)11-5-6-17-13(7-11)9-18-25(2,23)24/h3-8,18H,9H2,1-2H3,(H,19,20)(H,21,22). The Balaban J connectivity index is 1.75. The molecule has 2 aromatic heterocycles. The summed E-state index contributed by atoms with van der Waals surface area (Å²) in [5.41, 5.74) is 3.14. The molecule has 8 nitrogen and oxygen atoms in total. The first-order valence-electron chi connectivity index (χ1n) is 7.47. The van der Waals surface area contributed by atoms with Gasteiger partial charge in [-0.25, -0.2) is 18.1 Å². The van der Waals surface area contributed by atoms with Gasteiger partial charge in [0.15, 0.2) is 0 Å². The first-order valence-corrected chi connectivity index (χ1v) is 9.36. The van der Waals surface area contributed by atoms with Gasteiger partial charge in [0.25, 0.3) is 5.91 Å². The van der Waals surface area contributed by atoms with Crippen molar-refractivity contribution in [3.63, 3.8) is 0 Å². The number of rotatable bonds is 5. The number of aryl methyl sites for hydroxylation is 1. The number of hydrogen-bond donors (Lipinski definition) is 3. The number of aromatic nitrogens is 3. The molecule has 3 N–H and O–H groups in total. The number of amides is 1. The molecule has 3 aromatic rings. The number of sulfonamides is 1. The van der Waals surface area contributed by atoms with Crippen LogP contribution in [0.5, 0.6) is 0 Å². The summed E-state index contributed by atoms with van der Waals surface area (Å²) in [5, 5.41) is 2.81. The predicted molar refractivity (Wildman–Crippen MR) is 94.7 cm³/mol. The lowest BCUT2D eigenvalue weighted by molar-refractivity contribution is 0.102. The van der Waals surface area contributed by atoms with E-state index in [0.717, 1.165) is 23.1 Å². The van der Waals surface area contributed by atoms with Crippen molar-refractivity contribution in [2.45, 2.75) is 13.5 Å². The minimum absolute atomic E-state index is 0.0271. The Morgan fingerprint density at radius 1 is 1.24 bits per heavy atom. The van der Waals surface area contributed by atoms with Crippen LogP contribution >= 0.6 is 0 Å². The molecular weight excluding hydrogens is 342 g/mol. The minimum atomic E-state index is -3.32. The Bertz CT molecular complexity index is 1040. The van der Waals surface area contributed by atoms with Crippen LogP contribution in [0.3, 0.4) is 0 Å². The second-order valence-corrected chi connectivity index (χ2v) is 7.47. The lowest BCUT2D eigenvalue weighted by Crippen LogP contribution is -2.22. The van der Waals surface area contributed by atoms with E-state index in [1.807, 2.05) is 13.0 Å². The average Bonchev–Trinajstić information content (AvgIpc) is 2.92. The summed E-state index contributed by atoms with van der Waals surface area (Å²) in [6.07, 6.45) is 2.53. The molecule has 1 amide bonds. The molecule has 0 saturated heterocycles. The van der Waals surface area contributed by atoms with Gasteiger partial charge in [-0.3, -0.25) is 9.78 Å². The van der Waals surface area contributed by atoms with Crippen molar-refractivity contribution in [3.8, 4) is 0 Å². The fourth-order valence-corrected chi connectivity index (χ4v) is 2.75. The number of anilines is 1. The first-order chi connectivity index (χ1) is 11.8. The van der Waals surface area contributed by atoms with Crippen molar-refractivity contribution in [2.24, 2.45) is 0 Å². The van der Waals surface area contributed by atoms with Gasteiger partial charge in [-0.15, -0.1) is 0 Å². The largest absolute Gasteiger partial charge is 0.342 e. The number of aromatic amines is 1. The molecule has 0 fully saturated rings. The summed E-state index contributed by atoms with van der Waals surface area (Å²) in [6, 6.07) is 8.52. The van der Waals surface area contributed by atoms with Gasteiger partial charge in [-0.2, -0.15) is 0 Å². The van der Waals surface area contributed by atoms with Gasteiger partial charge in [0.1, 0.15) is 5.82 Å². The van der Waals surface area contributed by atoms with E-state index < -0.39 is 10.0 Å². The molecule has 0 spiro atoms. The zero-order valence-electron chi connectivity index (χ0n) is 13.7. The van der Waals surface area contributed by atoms with Gasteiger partial charge in [0.2, 0.25) is 10.0 Å². The Hall–Kier alpha value is -2.78. The molecule has 9 heteroatoms. The molecule has 1 aromatic carbocycles. The van der Waals surface area contributed by atoms with Gasteiger partial charge in [-0.05, 0) is 37.3 Å². The second-order valence-electron chi connectivity index (χ2n) is 5.64. The third kappa shape index (κ3) is 4.40. The zero-order chi connectivity index (χ0) is 18.0. The van der Waals surface area contributed by atoms with E-state index in [-0.39, 0.29) is 12.5 Å². The van der Waals surface area contributed by atoms with Crippen LogP contribution in [0.15, 0.2) is 36.5 Å². The smallest absolute Gasteiger partial charge is 0.255 e. The monoisotopic (exact) mass is 359 g/mol. The molecule has 3 rings (SSSR count). The third-order valence-electron chi connectivity index (χ3n) is 3.45. The Morgan fingerprint density at radius 3 is 2.80 bits per heavy atom. The number of carbonyl (C=O) groups is 1. The Morgan fingerprint density at radius 2 is 2.04 bits per heavy atom. The first kappa shape index (κ1) is 17.1. The molecule has 0 bridgehead atoms. The molecule has 0 aliphatic heterocycles. The minimum Gasteiger partial charge on any atom is -0.342 e. The van der Waals surface area contributed by atoms with Crippen LogP contribution in [-0.4, -0.2) is 35.5 Å². The zero-order valence-corrected chi connectivity index (χ0v) is 14.5. The number of nitrogens with zero attached hydrogens (tertiary/aromatic N) is 2. The SMILES string of the molecule is Cc1nc2ccc(NC(=O)c3ccnc(CNS(C)(=O)=O)c3)cc2[nH]1. The fourth-order valence-electron chi connectivity index (χ4n) is 2.34. The van der Waals surface area contributed by atoms with E-state index in [4.69, 9.17) is 0 Å². The van der Waals surface area contributed by atoms with Crippen LogP contribution in [0.1, 0.15) is 21.9 Å². The van der Waals surface area contributed by atoms with Crippen molar-refractivity contribution < 1.29 is 13.2 Å². The molecule has 130 valence electrons. The van der Waals surface area contributed by atoms with E-state index in [1.54, 1.807) is 24.3 Å². The van der Waals surface area contributed by atoms with Crippen molar-refractivity contribution in [2.75, 3.05) is 11.6 Å². The van der Waals surface area contributed by atoms with Crippen LogP contribution in [0.25, 0.3) is 11.0 Å². The molecule has 0 aliphatic rings. The molecule has 0 aliphatic carbocycles. The molecule has 0 atom stereocenters.